The van der Waals surface area contributed by atoms with Crippen molar-refractivity contribution in [1.82, 2.24) is 5.32 Å². The SMILES string of the molecule is O=C(NCC1CCC1)c1ccc(C#CCCO)cc1. The molecule has 1 aliphatic carbocycles. The van der Waals surface area contributed by atoms with Crippen LogP contribution < -0.4 is 5.32 Å². The van der Waals surface area contributed by atoms with Crippen LogP contribution in [0, 0.1) is 17.8 Å². The molecule has 3 nitrogen and oxygen atoms in total. The fourth-order valence-electron chi connectivity index (χ4n) is 1.96. The average molecular weight is 257 g/mol. The topological polar surface area (TPSA) is 49.3 Å². The standard InChI is InChI=1S/C16H19NO2/c18-11-2-1-4-13-7-9-15(10-8-13)16(19)17-12-14-5-3-6-14/h7-10,14,18H,2-3,5-6,11-12H2,(H,17,19). The second-order valence-electron chi connectivity index (χ2n) is 4.86. The van der Waals surface area contributed by atoms with E-state index in [1.807, 2.05) is 12.1 Å². The summed E-state index contributed by atoms with van der Waals surface area (Å²) in [5, 5.41) is 11.6. The number of aliphatic hydroxyl groups is 1. The number of hydrogen-bond acceptors (Lipinski definition) is 2. The lowest BCUT2D eigenvalue weighted by Crippen LogP contribution is -2.32. The minimum absolute atomic E-state index is 0.0123. The monoisotopic (exact) mass is 257 g/mol. The van der Waals surface area contributed by atoms with Gasteiger partial charge in [0.05, 0.1) is 6.61 Å². The van der Waals surface area contributed by atoms with Crippen LogP contribution in [0.15, 0.2) is 24.3 Å². The highest BCUT2D eigenvalue weighted by molar-refractivity contribution is 5.94. The van der Waals surface area contributed by atoms with Crippen molar-refractivity contribution in [2.45, 2.75) is 25.7 Å². The summed E-state index contributed by atoms with van der Waals surface area (Å²) < 4.78 is 0. The maximum atomic E-state index is 11.9. The van der Waals surface area contributed by atoms with Crippen LogP contribution in [-0.2, 0) is 0 Å². The lowest BCUT2D eigenvalue weighted by Gasteiger charge is -2.25. The molecule has 100 valence electrons. The highest BCUT2D eigenvalue weighted by Gasteiger charge is 2.18. The highest BCUT2D eigenvalue weighted by atomic mass is 16.2. The molecular weight excluding hydrogens is 238 g/mol. The molecule has 1 fully saturated rings. The summed E-state index contributed by atoms with van der Waals surface area (Å²) in [4.78, 5) is 11.9. The Bertz CT molecular complexity index is 478. The summed E-state index contributed by atoms with van der Waals surface area (Å²) in [6, 6.07) is 7.25. The molecule has 0 saturated heterocycles. The predicted octanol–water partition coefficient (Wildman–Crippen LogP) is 1.95. The smallest absolute Gasteiger partial charge is 0.251 e. The summed E-state index contributed by atoms with van der Waals surface area (Å²) in [5.41, 5.74) is 1.54. The first-order valence-corrected chi connectivity index (χ1v) is 6.77. The Morgan fingerprint density at radius 2 is 2.05 bits per heavy atom. The number of carbonyl (C=O) groups is 1. The van der Waals surface area contributed by atoms with Gasteiger partial charge in [-0.25, -0.2) is 0 Å². The van der Waals surface area contributed by atoms with Gasteiger partial charge in [0.1, 0.15) is 0 Å². The fraction of sp³-hybridized carbons (Fsp3) is 0.438. The molecule has 0 heterocycles. The molecule has 2 N–H and O–H groups in total. The molecule has 0 spiro atoms. The van der Waals surface area contributed by atoms with Crippen molar-refractivity contribution in [3.05, 3.63) is 35.4 Å². The lowest BCUT2D eigenvalue weighted by atomic mass is 9.85. The van der Waals surface area contributed by atoms with E-state index in [9.17, 15) is 4.79 Å². The Morgan fingerprint density at radius 3 is 2.63 bits per heavy atom. The van der Waals surface area contributed by atoms with Crippen LogP contribution in [0.3, 0.4) is 0 Å². The molecule has 0 atom stereocenters. The van der Waals surface area contributed by atoms with E-state index in [0.29, 0.717) is 17.9 Å². The molecule has 1 aromatic rings. The van der Waals surface area contributed by atoms with Gasteiger partial charge in [0.15, 0.2) is 0 Å². The number of amides is 1. The molecule has 0 radical (unpaired) electrons. The molecule has 0 aromatic heterocycles. The molecule has 1 saturated carbocycles. The summed E-state index contributed by atoms with van der Waals surface area (Å²) in [7, 11) is 0. The van der Waals surface area contributed by atoms with Crippen molar-refractivity contribution < 1.29 is 9.90 Å². The van der Waals surface area contributed by atoms with Crippen LogP contribution in [0.1, 0.15) is 41.6 Å². The van der Waals surface area contributed by atoms with Gasteiger partial charge in [0.2, 0.25) is 0 Å². The van der Waals surface area contributed by atoms with E-state index in [1.54, 1.807) is 12.1 Å². The van der Waals surface area contributed by atoms with E-state index in [-0.39, 0.29) is 12.5 Å². The van der Waals surface area contributed by atoms with Crippen molar-refractivity contribution in [2.75, 3.05) is 13.2 Å². The van der Waals surface area contributed by atoms with Crippen molar-refractivity contribution in [2.24, 2.45) is 5.92 Å². The number of aliphatic hydroxyl groups excluding tert-OH is 1. The second-order valence-corrected chi connectivity index (χ2v) is 4.86. The zero-order valence-electron chi connectivity index (χ0n) is 11.0. The summed E-state index contributed by atoms with van der Waals surface area (Å²) >= 11 is 0. The zero-order chi connectivity index (χ0) is 13.5. The molecule has 1 amide bonds. The van der Waals surface area contributed by atoms with Gasteiger partial charge in [-0.2, -0.15) is 0 Å². The minimum Gasteiger partial charge on any atom is -0.395 e. The van der Waals surface area contributed by atoms with Gasteiger partial charge in [-0.1, -0.05) is 18.3 Å². The Labute approximate surface area is 114 Å². The number of rotatable bonds is 4. The van der Waals surface area contributed by atoms with Crippen LogP contribution >= 0.6 is 0 Å². The first kappa shape index (κ1) is 13.6. The van der Waals surface area contributed by atoms with E-state index in [0.717, 1.165) is 12.1 Å². The Hall–Kier alpha value is -1.79. The first-order valence-electron chi connectivity index (χ1n) is 6.77. The highest BCUT2D eigenvalue weighted by Crippen LogP contribution is 2.25. The van der Waals surface area contributed by atoms with Gasteiger partial charge in [-0.15, -0.1) is 0 Å². The zero-order valence-corrected chi connectivity index (χ0v) is 11.0. The van der Waals surface area contributed by atoms with E-state index in [2.05, 4.69) is 17.2 Å². The average Bonchev–Trinajstić information content (AvgIpc) is 2.38. The molecule has 2 rings (SSSR count). The number of hydrogen-bond donors (Lipinski definition) is 2. The largest absolute Gasteiger partial charge is 0.395 e. The summed E-state index contributed by atoms with van der Waals surface area (Å²) in [6.45, 7) is 0.867. The second kappa shape index (κ2) is 6.96. The Morgan fingerprint density at radius 1 is 1.32 bits per heavy atom. The third kappa shape index (κ3) is 4.11. The van der Waals surface area contributed by atoms with E-state index < -0.39 is 0 Å². The maximum Gasteiger partial charge on any atom is 0.251 e. The molecule has 0 aliphatic heterocycles. The molecule has 3 heteroatoms. The van der Waals surface area contributed by atoms with Crippen LogP contribution in [0.25, 0.3) is 0 Å². The number of benzene rings is 1. The molecule has 19 heavy (non-hydrogen) atoms. The third-order valence-electron chi connectivity index (χ3n) is 3.39. The predicted molar refractivity (Wildman–Crippen MR) is 74.7 cm³/mol. The molecule has 1 aliphatic rings. The van der Waals surface area contributed by atoms with Crippen LogP contribution in [-0.4, -0.2) is 24.2 Å². The van der Waals surface area contributed by atoms with Gasteiger partial charge < -0.3 is 10.4 Å². The first-order chi connectivity index (χ1) is 9.29. The molecule has 0 bridgehead atoms. The summed E-state index contributed by atoms with van der Waals surface area (Å²) in [5.74, 6) is 6.45. The van der Waals surface area contributed by atoms with Crippen LogP contribution in [0.5, 0.6) is 0 Å². The normalized spacial score (nSPS) is 14.2. The van der Waals surface area contributed by atoms with E-state index in [4.69, 9.17) is 5.11 Å². The van der Waals surface area contributed by atoms with E-state index in [1.165, 1.54) is 19.3 Å². The maximum absolute atomic E-state index is 11.9. The molecule has 0 unspecified atom stereocenters. The fourth-order valence-corrected chi connectivity index (χ4v) is 1.96. The third-order valence-corrected chi connectivity index (χ3v) is 3.39. The number of carbonyl (C=O) groups excluding carboxylic acids is 1. The van der Waals surface area contributed by atoms with Crippen LogP contribution in [0.4, 0.5) is 0 Å². The van der Waals surface area contributed by atoms with Crippen molar-refractivity contribution >= 4 is 5.91 Å². The van der Waals surface area contributed by atoms with Gasteiger partial charge in [-0.05, 0) is 43.0 Å². The molecule has 1 aromatic carbocycles. The Kier molecular flexibility index (Phi) is 5.00. The summed E-state index contributed by atoms with van der Waals surface area (Å²) in [6.07, 6.45) is 4.24. The number of nitrogens with one attached hydrogen (secondary N) is 1. The van der Waals surface area contributed by atoms with E-state index >= 15 is 0 Å². The van der Waals surface area contributed by atoms with Gasteiger partial charge in [-0.3, -0.25) is 4.79 Å². The van der Waals surface area contributed by atoms with Crippen LogP contribution in [0.2, 0.25) is 0 Å². The minimum atomic E-state index is -0.0123. The van der Waals surface area contributed by atoms with Crippen molar-refractivity contribution in [1.29, 1.82) is 0 Å². The Balaban J connectivity index is 1.86. The molecular formula is C16H19NO2. The quantitative estimate of drug-likeness (QED) is 0.810. The van der Waals surface area contributed by atoms with Gasteiger partial charge in [0.25, 0.3) is 5.91 Å². The van der Waals surface area contributed by atoms with Crippen molar-refractivity contribution in [3.8, 4) is 11.8 Å². The van der Waals surface area contributed by atoms with Gasteiger partial charge >= 0.3 is 0 Å². The van der Waals surface area contributed by atoms with Crippen molar-refractivity contribution in [3.63, 3.8) is 0 Å². The van der Waals surface area contributed by atoms with Gasteiger partial charge in [0, 0.05) is 24.1 Å². The lowest BCUT2D eigenvalue weighted by molar-refractivity contribution is 0.0939.